The van der Waals surface area contributed by atoms with Crippen molar-refractivity contribution in [2.24, 2.45) is 5.92 Å². The molecule has 1 heterocycles. The highest BCUT2D eigenvalue weighted by atomic mass is 35.5. The molecule has 1 aliphatic rings. The first-order valence-corrected chi connectivity index (χ1v) is 12.3. The SMILES string of the molecule is COc1ccc(C(=O)O[C@@H](Cc2c(Cl)c[n+]([O-])cc2Cl)c2ccc(OC(F)F)c(OCC3CC3)c2)cc1O. The minimum atomic E-state index is -3.07. The van der Waals surface area contributed by atoms with Gasteiger partial charge in [-0.3, -0.25) is 0 Å². The third kappa shape index (κ3) is 6.87. The number of alkyl halides is 2. The first kappa shape index (κ1) is 27.5. The van der Waals surface area contributed by atoms with Gasteiger partial charge >= 0.3 is 12.6 Å². The summed E-state index contributed by atoms with van der Waals surface area (Å²) in [7, 11) is 1.37. The molecule has 202 valence electrons. The fraction of sp³-hybridized carbons (Fsp3) is 0.308. The van der Waals surface area contributed by atoms with Crippen LogP contribution in [-0.2, 0) is 11.2 Å². The minimum absolute atomic E-state index is 0.0267. The van der Waals surface area contributed by atoms with E-state index >= 15 is 0 Å². The number of phenolic OH excluding ortho intramolecular Hbond substituents is 1. The molecule has 2 aromatic carbocycles. The van der Waals surface area contributed by atoms with Gasteiger partial charge in [-0.05, 0) is 54.7 Å². The van der Waals surface area contributed by atoms with E-state index < -0.39 is 18.7 Å². The van der Waals surface area contributed by atoms with Gasteiger partial charge in [0.1, 0.15) is 16.1 Å². The van der Waals surface area contributed by atoms with Crippen LogP contribution in [0, 0.1) is 11.1 Å². The Morgan fingerprint density at radius 3 is 2.39 bits per heavy atom. The summed E-state index contributed by atoms with van der Waals surface area (Å²) in [5.74, 6) is -0.687. The van der Waals surface area contributed by atoms with Crippen LogP contribution in [0.15, 0.2) is 48.8 Å². The Labute approximate surface area is 226 Å². The Morgan fingerprint density at radius 1 is 1.11 bits per heavy atom. The lowest BCUT2D eigenvalue weighted by atomic mass is 10.0. The average Bonchev–Trinajstić information content (AvgIpc) is 3.69. The molecule has 1 N–H and O–H groups in total. The molecular formula is C26H23Cl2F2NO7. The molecular weight excluding hydrogens is 547 g/mol. The van der Waals surface area contributed by atoms with E-state index in [-0.39, 0.29) is 45.0 Å². The summed E-state index contributed by atoms with van der Waals surface area (Å²) in [4.78, 5) is 13.1. The Morgan fingerprint density at radius 2 is 1.79 bits per heavy atom. The standard InChI is InChI=1S/C26H23Cl2F2NO7/c1-35-21-6-5-16(8-20(21)32)25(33)37-23(10-17-18(27)11-31(34)12-19(17)28)15-4-7-22(38-26(29)30)24(9-15)36-13-14-2-3-14/h4-9,11-12,14,23,26,32H,2-3,10,13H2,1H3/t23-/m0/s1. The van der Waals surface area contributed by atoms with E-state index in [0.717, 1.165) is 25.2 Å². The second-order valence-electron chi connectivity index (χ2n) is 8.62. The molecule has 0 aliphatic heterocycles. The first-order valence-electron chi connectivity index (χ1n) is 11.5. The molecule has 1 aliphatic carbocycles. The lowest BCUT2D eigenvalue weighted by Gasteiger charge is -2.21. The number of nitrogens with zero attached hydrogens (tertiary/aromatic N) is 1. The molecule has 1 saturated carbocycles. The Bertz CT molecular complexity index is 1300. The zero-order chi connectivity index (χ0) is 27.4. The maximum absolute atomic E-state index is 13.1. The van der Waals surface area contributed by atoms with E-state index in [1.165, 1.54) is 43.5 Å². The first-order chi connectivity index (χ1) is 18.1. The lowest BCUT2D eigenvalue weighted by molar-refractivity contribution is -0.605. The van der Waals surface area contributed by atoms with E-state index in [1.54, 1.807) is 0 Å². The van der Waals surface area contributed by atoms with E-state index in [2.05, 4.69) is 4.74 Å². The van der Waals surface area contributed by atoms with Crippen LogP contribution in [0.4, 0.5) is 8.78 Å². The number of ether oxygens (including phenoxy) is 4. The average molecular weight is 570 g/mol. The van der Waals surface area contributed by atoms with Crippen molar-refractivity contribution in [2.75, 3.05) is 13.7 Å². The third-order valence-corrected chi connectivity index (χ3v) is 6.49. The molecule has 4 rings (SSSR count). The number of halogens is 4. The highest BCUT2D eigenvalue weighted by Gasteiger charge is 2.27. The molecule has 0 amide bonds. The molecule has 0 unspecified atom stereocenters. The molecule has 1 aromatic heterocycles. The summed E-state index contributed by atoms with van der Waals surface area (Å²) in [5, 5.41) is 21.9. The number of benzene rings is 2. The van der Waals surface area contributed by atoms with Crippen LogP contribution < -0.4 is 18.9 Å². The number of aromatic nitrogens is 1. The molecule has 1 atom stereocenters. The van der Waals surface area contributed by atoms with Crippen LogP contribution in [0.3, 0.4) is 0 Å². The van der Waals surface area contributed by atoms with Crippen LogP contribution in [-0.4, -0.2) is 31.4 Å². The van der Waals surface area contributed by atoms with Crippen molar-refractivity contribution in [2.45, 2.75) is 32.0 Å². The molecule has 0 spiro atoms. The van der Waals surface area contributed by atoms with Crippen molar-refractivity contribution in [1.29, 1.82) is 0 Å². The van der Waals surface area contributed by atoms with Crippen LogP contribution in [0.5, 0.6) is 23.0 Å². The van der Waals surface area contributed by atoms with E-state index in [1.807, 2.05) is 0 Å². The lowest BCUT2D eigenvalue weighted by Crippen LogP contribution is -2.25. The Balaban J connectivity index is 1.69. The van der Waals surface area contributed by atoms with Crippen molar-refractivity contribution in [3.8, 4) is 23.0 Å². The van der Waals surface area contributed by atoms with E-state index in [9.17, 15) is 23.9 Å². The van der Waals surface area contributed by atoms with Gasteiger partial charge < -0.3 is 29.3 Å². The summed E-state index contributed by atoms with van der Waals surface area (Å²) in [6.45, 7) is -2.75. The van der Waals surface area contributed by atoms with E-state index in [4.69, 9.17) is 37.4 Å². The predicted octanol–water partition coefficient (Wildman–Crippen LogP) is 5.87. The summed E-state index contributed by atoms with van der Waals surface area (Å²) in [6, 6.07) is 8.18. The molecule has 8 nitrogen and oxygen atoms in total. The fourth-order valence-electron chi connectivity index (χ4n) is 3.68. The second kappa shape index (κ2) is 11.9. The molecule has 0 bridgehead atoms. The number of hydrogen-bond donors (Lipinski definition) is 1. The van der Waals surface area contributed by atoms with Gasteiger partial charge in [-0.25, -0.2) is 4.79 Å². The molecule has 1 fully saturated rings. The molecule has 38 heavy (non-hydrogen) atoms. The summed E-state index contributed by atoms with van der Waals surface area (Å²) in [5.41, 5.74) is 0.720. The largest absolute Gasteiger partial charge is 0.619 e. The van der Waals surface area contributed by atoms with Gasteiger partial charge in [-0.15, -0.1) is 0 Å². The monoisotopic (exact) mass is 569 g/mol. The summed E-state index contributed by atoms with van der Waals surface area (Å²) < 4.78 is 47.6. The van der Waals surface area contributed by atoms with Crippen molar-refractivity contribution >= 4 is 29.2 Å². The van der Waals surface area contributed by atoms with Crippen molar-refractivity contribution in [3.05, 3.63) is 80.7 Å². The number of rotatable bonds is 11. The third-order valence-electron chi connectivity index (χ3n) is 5.84. The molecule has 0 saturated heterocycles. The number of methoxy groups -OCH3 is 1. The Hall–Kier alpha value is -3.50. The predicted molar refractivity (Wildman–Crippen MR) is 133 cm³/mol. The van der Waals surface area contributed by atoms with Crippen molar-refractivity contribution in [3.63, 3.8) is 0 Å². The maximum Gasteiger partial charge on any atom is 0.387 e. The van der Waals surface area contributed by atoms with Gasteiger partial charge in [0, 0.05) is 12.0 Å². The van der Waals surface area contributed by atoms with Crippen LogP contribution >= 0.6 is 23.2 Å². The number of carbonyl (C=O) groups is 1. The number of aromatic hydroxyl groups is 1. The molecule has 3 aromatic rings. The number of phenols is 1. The smallest absolute Gasteiger partial charge is 0.387 e. The highest BCUT2D eigenvalue weighted by Crippen LogP contribution is 2.38. The number of pyridine rings is 1. The zero-order valence-corrected chi connectivity index (χ0v) is 21.5. The van der Waals surface area contributed by atoms with Crippen LogP contribution in [0.1, 0.15) is 40.4 Å². The topological polar surface area (TPSA) is 101 Å². The number of carbonyl (C=O) groups excluding carboxylic acids is 1. The number of esters is 1. The molecule has 0 radical (unpaired) electrons. The van der Waals surface area contributed by atoms with Crippen molar-refractivity contribution < 1.29 is 42.4 Å². The van der Waals surface area contributed by atoms with Gasteiger partial charge in [0.15, 0.2) is 35.4 Å². The van der Waals surface area contributed by atoms with Crippen LogP contribution in [0.25, 0.3) is 0 Å². The van der Waals surface area contributed by atoms with Gasteiger partial charge in [-0.2, -0.15) is 13.5 Å². The highest BCUT2D eigenvalue weighted by molar-refractivity contribution is 6.35. The maximum atomic E-state index is 13.1. The van der Waals surface area contributed by atoms with Gasteiger partial charge in [0.05, 0.1) is 19.3 Å². The number of hydrogen-bond acceptors (Lipinski definition) is 7. The van der Waals surface area contributed by atoms with E-state index in [0.29, 0.717) is 28.4 Å². The van der Waals surface area contributed by atoms with Crippen molar-refractivity contribution in [1.82, 2.24) is 0 Å². The quantitative estimate of drug-likeness (QED) is 0.175. The summed E-state index contributed by atoms with van der Waals surface area (Å²) in [6.07, 6.45) is 3.05. The minimum Gasteiger partial charge on any atom is -0.619 e. The Kier molecular flexibility index (Phi) is 8.63. The normalized spacial score (nSPS) is 13.7. The molecule has 12 heteroatoms. The van der Waals surface area contributed by atoms with Crippen LogP contribution in [0.2, 0.25) is 10.0 Å². The fourth-order valence-corrected chi connectivity index (χ4v) is 4.27. The zero-order valence-electron chi connectivity index (χ0n) is 20.0. The van der Waals surface area contributed by atoms with Gasteiger partial charge in [0.2, 0.25) is 0 Å². The van der Waals surface area contributed by atoms with Gasteiger partial charge in [0.25, 0.3) is 0 Å². The van der Waals surface area contributed by atoms with Gasteiger partial charge in [-0.1, -0.05) is 29.3 Å². The second-order valence-corrected chi connectivity index (χ2v) is 9.43. The summed E-state index contributed by atoms with van der Waals surface area (Å²) >= 11 is 12.5.